The molecule has 0 amide bonds. The van der Waals surface area contributed by atoms with E-state index in [0.29, 0.717) is 25.5 Å². The Hall–Kier alpha value is -0.870. The van der Waals surface area contributed by atoms with E-state index in [4.69, 9.17) is 9.05 Å². The summed E-state index contributed by atoms with van der Waals surface area (Å²) in [6.07, 6.45) is 0.345. The molecule has 1 heterocycles. The highest BCUT2D eigenvalue weighted by Gasteiger charge is 2.34. The standard InChI is InChI=1S/C16H27N2O3P/c1-5-20-22(19,21-6-2)13-18-12-17(11-15(18)4)16-9-7-14(3)8-10-16/h7-10,15H,5-6,11-13H2,1-4H3/t15-/m0/s1. The smallest absolute Gasteiger partial charge is 0.344 e. The van der Waals surface area contributed by atoms with Crippen LogP contribution in [0.15, 0.2) is 24.3 Å². The van der Waals surface area contributed by atoms with Crippen LogP contribution in [0.1, 0.15) is 26.3 Å². The van der Waals surface area contributed by atoms with E-state index in [1.54, 1.807) is 0 Å². The molecule has 0 saturated carbocycles. The maximum absolute atomic E-state index is 12.7. The summed E-state index contributed by atoms with van der Waals surface area (Å²) < 4.78 is 23.5. The van der Waals surface area contributed by atoms with Gasteiger partial charge in [0.1, 0.15) is 6.29 Å². The van der Waals surface area contributed by atoms with Crippen LogP contribution in [0.4, 0.5) is 5.69 Å². The molecule has 1 aliphatic heterocycles. The second-order valence-corrected chi connectivity index (χ2v) is 7.75. The van der Waals surface area contributed by atoms with Crippen LogP contribution in [0, 0.1) is 6.92 Å². The number of hydrogen-bond acceptors (Lipinski definition) is 5. The molecule has 0 bridgehead atoms. The Labute approximate surface area is 133 Å². The molecule has 0 aromatic heterocycles. The molecular formula is C16H27N2O3P. The minimum atomic E-state index is -3.03. The van der Waals surface area contributed by atoms with Gasteiger partial charge >= 0.3 is 7.60 Å². The predicted molar refractivity (Wildman–Crippen MR) is 90.4 cm³/mol. The summed E-state index contributed by atoms with van der Waals surface area (Å²) in [5.41, 5.74) is 2.45. The van der Waals surface area contributed by atoms with Crippen LogP contribution in [0.5, 0.6) is 0 Å². The molecular weight excluding hydrogens is 299 g/mol. The van der Waals surface area contributed by atoms with E-state index >= 15 is 0 Å². The second-order valence-electron chi connectivity index (χ2n) is 5.73. The number of anilines is 1. The van der Waals surface area contributed by atoms with Crippen molar-refractivity contribution in [3.05, 3.63) is 29.8 Å². The normalized spacial score (nSPS) is 19.8. The largest absolute Gasteiger partial charge is 0.357 e. The fraction of sp³-hybridized carbons (Fsp3) is 0.625. The molecule has 1 aromatic rings. The van der Waals surface area contributed by atoms with Gasteiger partial charge in [0.25, 0.3) is 0 Å². The first kappa shape index (κ1) is 17.5. The summed E-state index contributed by atoms with van der Waals surface area (Å²) in [7, 11) is -3.03. The molecule has 22 heavy (non-hydrogen) atoms. The number of benzene rings is 1. The van der Waals surface area contributed by atoms with Crippen LogP contribution in [0.25, 0.3) is 0 Å². The first-order valence-electron chi connectivity index (χ1n) is 7.91. The van der Waals surface area contributed by atoms with E-state index in [9.17, 15) is 4.57 Å². The Balaban J connectivity index is 2.04. The molecule has 1 saturated heterocycles. The Bertz CT molecular complexity index is 511. The van der Waals surface area contributed by atoms with E-state index in [1.165, 1.54) is 11.3 Å². The molecule has 5 nitrogen and oxygen atoms in total. The highest BCUT2D eigenvalue weighted by Crippen LogP contribution is 2.49. The average Bonchev–Trinajstić information content (AvgIpc) is 2.81. The van der Waals surface area contributed by atoms with Gasteiger partial charge in [-0.05, 0) is 39.8 Å². The van der Waals surface area contributed by atoms with Crippen molar-refractivity contribution < 1.29 is 13.6 Å². The van der Waals surface area contributed by atoms with E-state index in [2.05, 4.69) is 47.9 Å². The lowest BCUT2D eigenvalue weighted by Gasteiger charge is -2.25. The summed E-state index contributed by atoms with van der Waals surface area (Å²) in [5, 5.41) is 0. The molecule has 0 unspecified atom stereocenters. The fourth-order valence-corrected chi connectivity index (χ4v) is 4.55. The second kappa shape index (κ2) is 7.60. The number of nitrogens with zero attached hydrogens (tertiary/aromatic N) is 2. The zero-order chi connectivity index (χ0) is 16.2. The Kier molecular flexibility index (Phi) is 6.04. The maximum atomic E-state index is 12.7. The lowest BCUT2D eigenvalue weighted by molar-refractivity contribution is 0.195. The third-order valence-corrected chi connectivity index (χ3v) is 5.88. The van der Waals surface area contributed by atoms with Gasteiger partial charge in [-0.3, -0.25) is 9.46 Å². The molecule has 124 valence electrons. The lowest BCUT2D eigenvalue weighted by Crippen LogP contribution is -2.30. The minimum absolute atomic E-state index is 0.315. The van der Waals surface area contributed by atoms with Crippen LogP contribution in [-0.4, -0.2) is 43.7 Å². The molecule has 6 heteroatoms. The molecule has 2 rings (SSSR count). The zero-order valence-corrected chi connectivity index (χ0v) is 14.9. The van der Waals surface area contributed by atoms with Gasteiger partial charge < -0.3 is 13.9 Å². The first-order valence-corrected chi connectivity index (χ1v) is 9.64. The van der Waals surface area contributed by atoms with Crippen molar-refractivity contribution in [2.75, 3.05) is 37.6 Å². The van der Waals surface area contributed by atoms with E-state index < -0.39 is 7.60 Å². The van der Waals surface area contributed by atoms with Crippen LogP contribution in [0.3, 0.4) is 0 Å². The molecule has 1 fully saturated rings. The zero-order valence-electron chi connectivity index (χ0n) is 14.0. The van der Waals surface area contributed by atoms with Crippen LogP contribution in [-0.2, 0) is 13.6 Å². The van der Waals surface area contributed by atoms with Crippen LogP contribution in [0.2, 0.25) is 0 Å². The number of rotatable bonds is 7. The summed E-state index contributed by atoms with van der Waals surface area (Å²) >= 11 is 0. The third kappa shape index (κ3) is 4.32. The molecule has 0 radical (unpaired) electrons. The third-order valence-electron chi connectivity index (χ3n) is 3.87. The van der Waals surface area contributed by atoms with Gasteiger partial charge in [0.2, 0.25) is 0 Å². The van der Waals surface area contributed by atoms with Gasteiger partial charge in [0, 0.05) is 18.3 Å². The van der Waals surface area contributed by atoms with Crippen LogP contribution < -0.4 is 4.90 Å². The molecule has 0 aliphatic carbocycles. The van der Waals surface area contributed by atoms with Crippen molar-refractivity contribution in [2.24, 2.45) is 0 Å². The highest BCUT2D eigenvalue weighted by atomic mass is 31.2. The van der Waals surface area contributed by atoms with E-state index in [0.717, 1.165) is 13.2 Å². The summed E-state index contributed by atoms with van der Waals surface area (Å²) in [6, 6.07) is 8.82. The van der Waals surface area contributed by atoms with E-state index in [1.807, 2.05) is 13.8 Å². The van der Waals surface area contributed by atoms with Crippen molar-refractivity contribution in [3.63, 3.8) is 0 Å². The number of hydrogen-bond donors (Lipinski definition) is 0. The Morgan fingerprint density at radius 1 is 1.18 bits per heavy atom. The van der Waals surface area contributed by atoms with Gasteiger partial charge in [-0.15, -0.1) is 0 Å². The van der Waals surface area contributed by atoms with Crippen molar-refractivity contribution in [3.8, 4) is 0 Å². The lowest BCUT2D eigenvalue weighted by atomic mass is 10.2. The summed E-state index contributed by atoms with van der Waals surface area (Å²) in [5.74, 6) is 0. The van der Waals surface area contributed by atoms with E-state index in [-0.39, 0.29) is 0 Å². The Morgan fingerprint density at radius 2 is 1.77 bits per heavy atom. The van der Waals surface area contributed by atoms with Crippen molar-refractivity contribution >= 4 is 13.3 Å². The van der Waals surface area contributed by atoms with Crippen molar-refractivity contribution in [2.45, 2.75) is 33.7 Å². The van der Waals surface area contributed by atoms with Gasteiger partial charge in [-0.2, -0.15) is 0 Å². The molecule has 0 N–H and O–H groups in total. The minimum Gasteiger partial charge on any atom is -0.357 e. The first-order chi connectivity index (χ1) is 10.5. The molecule has 0 spiro atoms. The SMILES string of the molecule is CCOP(=O)(CN1CN(c2ccc(C)cc2)C[C@@H]1C)OCC. The molecule has 1 aliphatic rings. The van der Waals surface area contributed by atoms with Gasteiger partial charge in [-0.25, -0.2) is 0 Å². The van der Waals surface area contributed by atoms with Crippen molar-refractivity contribution in [1.82, 2.24) is 4.90 Å². The summed E-state index contributed by atoms with van der Waals surface area (Å²) in [6.45, 7) is 10.4. The molecule has 1 atom stereocenters. The maximum Gasteiger partial charge on any atom is 0.344 e. The van der Waals surface area contributed by atoms with Gasteiger partial charge in [0.05, 0.1) is 19.9 Å². The highest BCUT2D eigenvalue weighted by molar-refractivity contribution is 7.53. The van der Waals surface area contributed by atoms with Crippen LogP contribution >= 0.6 is 7.60 Å². The van der Waals surface area contributed by atoms with Crippen molar-refractivity contribution in [1.29, 1.82) is 0 Å². The topological polar surface area (TPSA) is 42.0 Å². The Morgan fingerprint density at radius 3 is 2.32 bits per heavy atom. The number of aryl methyl sites for hydroxylation is 1. The summed E-state index contributed by atoms with van der Waals surface area (Å²) in [4.78, 5) is 4.47. The van der Waals surface area contributed by atoms with Gasteiger partial charge in [-0.1, -0.05) is 17.7 Å². The monoisotopic (exact) mass is 326 g/mol. The predicted octanol–water partition coefficient (Wildman–Crippen LogP) is 3.69. The average molecular weight is 326 g/mol. The van der Waals surface area contributed by atoms with Gasteiger partial charge in [0.15, 0.2) is 0 Å². The fourth-order valence-electron chi connectivity index (χ4n) is 2.71. The molecule has 1 aromatic carbocycles. The quantitative estimate of drug-likeness (QED) is 0.715.